The summed E-state index contributed by atoms with van der Waals surface area (Å²) in [7, 11) is 2.09. The van der Waals surface area contributed by atoms with Crippen LogP contribution < -0.4 is 10.2 Å². The average Bonchev–Trinajstić information content (AvgIpc) is 2.43. The smallest absolute Gasteiger partial charge is 0.123 e. The van der Waals surface area contributed by atoms with Gasteiger partial charge in [0.2, 0.25) is 0 Å². The molecule has 1 aromatic carbocycles. The predicted octanol–water partition coefficient (Wildman–Crippen LogP) is 4.51. The second-order valence-electron chi connectivity index (χ2n) is 6.10. The molecule has 3 heteroatoms. The van der Waals surface area contributed by atoms with E-state index in [2.05, 4.69) is 51.9 Å². The predicted molar refractivity (Wildman–Crippen MR) is 85.9 cm³/mol. The van der Waals surface area contributed by atoms with Gasteiger partial charge in [0.1, 0.15) is 5.82 Å². The number of halogens is 1. The molecule has 0 aliphatic carbocycles. The Labute approximate surface area is 123 Å². The molecule has 0 saturated carbocycles. The number of rotatable bonds is 7. The third-order valence-corrected chi connectivity index (χ3v) is 4.29. The summed E-state index contributed by atoms with van der Waals surface area (Å²) in [6.07, 6.45) is 2.11. The standard InChI is InChI=1S/C17H29FN2/c1-7-11-19-13(3)15-12-14(18)9-10-16(15)20(6)17(4,5)8-2/h9-10,12-13,19H,7-8,11H2,1-6H3. The zero-order chi connectivity index (χ0) is 15.3. The number of nitrogens with one attached hydrogen (secondary N) is 1. The summed E-state index contributed by atoms with van der Waals surface area (Å²) in [6.45, 7) is 11.8. The third-order valence-electron chi connectivity index (χ3n) is 4.29. The molecule has 0 spiro atoms. The molecule has 0 bridgehead atoms. The highest BCUT2D eigenvalue weighted by Gasteiger charge is 2.24. The summed E-state index contributed by atoms with van der Waals surface area (Å²) in [5, 5.41) is 3.45. The molecule has 1 atom stereocenters. The Morgan fingerprint density at radius 1 is 1.30 bits per heavy atom. The molecule has 0 aliphatic rings. The average molecular weight is 280 g/mol. The molecule has 1 unspecified atom stereocenters. The van der Waals surface area contributed by atoms with Crippen LogP contribution in [0.5, 0.6) is 0 Å². The Hall–Kier alpha value is -1.09. The number of nitrogens with zero attached hydrogens (tertiary/aromatic N) is 1. The molecule has 20 heavy (non-hydrogen) atoms. The van der Waals surface area contributed by atoms with Crippen LogP contribution in [0.1, 0.15) is 59.1 Å². The van der Waals surface area contributed by atoms with E-state index in [0.717, 1.165) is 30.6 Å². The van der Waals surface area contributed by atoms with E-state index >= 15 is 0 Å². The Morgan fingerprint density at radius 2 is 1.95 bits per heavy atom. The van der Waals surface area contributed by atoms with E-state index in [0.29, 0.717) is 0 Å². The minimum atomic E-state index is -0.170. The quantitative estimate of drug-likeness (QED) is 0.790. The van der Waals surface area contributed by atoms with Gasteiger partial charge in [-0.1, -0.05) is 13.8 Å². The monoisotopic (exact) mass is 280 g/mol. The lowest BCUT2D eigenvalue weighted by atomic mass is 9.96. The summed E-state index contributed by atoms with van der Waals surface area (Å²) >= 11 is 0. The molecule has 1 aromatic rings. The van der Waals surface area contributed by atoms with Crippen LogP contribution in [-0.4, -0.2) is 19.1 Å². The Morgan fingerprint density at radius 3 is 2.50 bits per heavy atom. The maximum atomic E-state index is 13.6. The fourth-order valence-corrected chi connectivity index (χ4v) is 2.21. The number of anilines is 1. The van der Waals surface area contributed by atoms with Crippen molar-refractivity contribution in [3.8, 4) is 0 Å². The van der Waals surface area contributed by atoms with Crippen molar-refractivity contribution in [2.24, 2.45) is 0 Å². The molecule has 0 radical (unpaired) electrons. The van der Waals surface area contributed by atoms with Crippen molar-refractivity contribution in [3.05, 3.63) is 29.6 Å². The highest BCUT2D eigenvalue weighted by molar-refractivity contribution is 5.56. The summed E-state index contributed by atoms with van der Waals surface area (Å²) in [5.41, 5.74) is 2.19. The van der Waals surface area contributed by atoms with Gasteiger partial charge in [-0.25, -0.2) is 4.39 Å². The van der Waals surface area contributed by atoms with E-state index < -0.39 is 0 Å². The molecule has 0 aliphatic heterocycles. The van der Waals surface area contributed by atoms with Gasteiger partial charge in [0.25, 0.3) is 0 Å². The van der Waals surface area contributed by atoms with E-state index in [1.54, 1.807) is 12.1 Å². The fourth-order valence-electron chi connectivity index (χ4n) is 2.21. The van der Waals surface area contributed by atoms with E-state index in [1.165, 1.54) is 0 Å². The maximum absolute atomic E-state index is 13.6. The van der Waals surface area contributed by atoms with Gasteiger partial charge in [-0.15, -0.1) is 0 Å². The van der Waals surface area contributed by atoms with Gasteiger partial charge >= 0.3 is 0 Å². The van der Waals surface area contributed by atoms with E-state index in [-0.39, 0.29) is 17.4 Å². The highest BCUT2D eigenvalue weighted by atomic mass is 19.1. The van der Waals surface area contributed by atoms with Crippen LogP contribution in [0.3, 0.4) is 0 Å². The minimum absolute atomic E-state index is 0.0526. The zero-order valence-corrected chi connectivity index (χ0v) is 13.8. The molecule has 0 aromatic heterocycles. The summed E-state index contributed by atoms with van der Waals surface area (Å²) in [6, 6.07) is 5.25. The minimum Gasteiger partial charge on any atom is -0.369 e. The highest BCUT2D eigenvalue weighted by Crippen LogP contribution is 2.32. The van der Waals surface area contributed by atoms with Gasteiger partial charge in [-0.05, 0) is 63.9 Å². The molecule has 0 fully saturated rings. The largest absolute Gasteiger partial charge is 0.369 e. The van der Waals surface area contributed by atoms with Gasteiger partial charge in [0.15, 0.2) is 0 Å². The first-order valence-electron chi connectivity index (χ1n) is 7.60. The maximum Gasteiger partial charge on any atom is 0.123 e. The first-order chi connectivity index (χ1) is 9.33. The topological polar surface area (TPSA) is 15.3 Å². The number of hydrogen-bond acceptors (Lipinski definition) is 2. The lowest BCUT2D eigenvalue weighted by molar-refractivity contribution is 0.466. The first kappa shape index (κ1) is 17.0. The van der Waals surface area contributed by atoms with Crippen molar-refractivity contribution in [1.82, 2.24) is 5.32 Å². The molecular weight excluding hydrogens is 251 g/mol. The lowest BCUT2D eigenvalue weighted by Gasteiger charge is -2.38. The lowest BCUT2D eigenvalue weighted by Crippen LogP contribution is -2.41. The molecule has 2 nitrogen and oxygen atoms in total. The van der Waals surface area contributed by atoms with Crippen LogP contribution in [0, 0.1) is 5.82 Å². The van der Waals surface area contributed by atoms with Crippen molar-refractivity contribution in [2.45, 2.75) is 59.0 Å². The van der Waals surface area contributed by atoms with Gasteiger partial charge in [0, 0.05) is 24.3 Å². The van der Waals surface area contributed by atoms with E-state index in [4.69, 9.17) is 0 Å². The van der Waals surface area contributed by atoms with Crippen LogP contribution in [0.25, 0.3) is 0 Å². The number of benzene rings is 1. The zero-order valence-electron chi connectivity index (χ0n) is 13.8. The second kappa shape index (κ2) is 7.07. The Bertz CT molecular complexity index is 429. The van der Waals surface area contributed by atoms with Crippen LogP contribution in [0.2, 0.25) is 0 Å². The van der Waals surface area contributed by atoms with E-state index in [9.17, 15) is 4.39 Å². The second-order valence-corrected chi connectivity index (χ2v) is 6.10. The normalized spacial score (nSPS) is 13.3. The van der Waals surface area contributed by atoms with Crippen molar-refractivity contribution in [3.63, 3.8) is 0 Å². The molecule has 1 N–H and O–H groups in total. The van der Waals surface area contributed by atoms with Crippen molar-refractivity contribution < 1.29 is 4.39 Å². The van der Waals surface area contributed by atoms with Crippen LogP contribution in [0.4, 0.5) is 10.1 Å². The summed E-state index contributed by atoms with van der Waals surface area (Å²) in [4.78, 5) is 2.26. The van der Waals surface area contributed by atoms with Crippen molar-refractivity contribution >= 4 is 5.69 Å². The molecule has 0 saturated heterocycles. The van der Waals surface area contributed by atoms with E-state index in [1.807, 2.05) is 6.07 Å². The van der Waals surface area contributed by atoms with Crippen LogP contribution >= 0.6 is 0 Å². The molecule has 0 amide bonds. The third kappa shape index (κ3) is 3.95. The number of hydrogen-bond donors (Lipinski definition) is 1. The van der Waals surface area contributed by atoms with Gasteiger partial charge in [0.05, 0.1) is 0 Å². The van der Waals surface area contributed by atoms with Crippen LogP contribution in [0.15, 0.2) is 18.2 Å². The van der Waals surface area contributed by atoms with Gasteiger partial charge in [-0.2, -0.15) is 0 Å². The summed E-state index contributed by atoms with van der Waals surface area (Å²) < 4.78 is 13.6. The van der Waals surface area contributed by atoms with Crippen molar-refractivity contribution in [2.75, 3.05) is 18.5 Å². The molecule has 114 valence electrons. The molecule has 1 rings (SSSR count). The van der Waals surface area contributed by atoms with Gasteiger partial charge in [-0.3, -0.25) is 0 Å². The summed E-state index contributed by atoms with van der Waals surface area (Å²) in [5.74, 6) is -0.170. The molecule has 0 heterocycles. The fraction of sp³-hybridized carbons (Fsp3) is 0.647. The Balaban J connectivity index is 3.13. The molecular formula is C17H29FN2. The van der Waals surface area contributed by atoms with Gasteiger partial charge < -0.3 is 10.2 Å². The van der Waals surface area contributed by atoms with Crippen molar-refractivity contribution in [1.29, 1.82) is 0 Å². The first-order valence-corrected chi connectivity index (χ1v) is 7.60. The Kier molecular flexibility index (Phi) is 6.00. The SMILES string of the molecule is CCCNC(C)c1cc(F)ccc1N(C)C(C)(C)CC. The van der Waals surface area contributed by atoms with Crippen LogP contribution in [-0.2, 0) is 0 Å².